The molecule has 0 rings (SSSR count). The van der Waals surface area contributed by atoms with Gasteiger partial charge >= 0.3 is 12.0 Å². The van der Waals surface area contributed by atoms with Crippen LogP contribution in [0.4, 0.5) is 4.79 Å². The average molecular weight is 231 g/mol. The van der Waals surface area contributed by atoms with Crippen molar-refractivity contribution in [1.82, 2.24) is 10.6 Å². The van der Waals surface area contributed by atoms with Crippen molar-refractivity contribution < 1.29 is 19.5 Å². The number of urea groups is 1. The fourth-order valence-corrected chi connectivity index (χ4v) is 0.964. The number of hydrogen-bond donors (Lipinski definition) is 4. The van der Waals surface area contributed by atoms with E-state index in [2.05, 4.69) is 10.6 Å². The van der Waals surface area contributed by atoms with Gasteiger partial charge in [-0.3, -0.25) is 4.79 Å². The topological polar surface area (TPSA) is 122 Å². The summed E-state index contributed by atoms with van der Waals surface area (Å²) in [5, 5.41) is 13.3. The molecule has 0 saturated heterocycles. The van der Waals surface area contributed by atoms with Gasteiger partial charge in [0, 0.05) is 0 Å². The highest BCUT2D eigenvalue weighted by Crippen LogP contribution is 2.01. The molecule has 0 aromatic carbocycles. The van der Waals surface area contributed by atoms with Crippen molar-refractivity contribution in [2.24, 2.45) is 11.7 Å². The van der Waals surface area contributed by atoms with Crippen molar-refractivity contribution in [3.05, 3.63) is 0 Å². The van der Waals surface area contributed by atoms with E-state index in [1.807, 2.05) is 0 Å². The first kappa shape index (κ1) is 14.2. The number of amides is 3. The molecule has 0 aliphatic rings. The van der Waals surface area contributed by atoms with Gasteiger partial charge in [0.05, 0.1) is 0 Å². The summed E-state index contributed by atoms with van der Waals surface area (Å²) in [6, 6.07) is -2.57. The van der Waals surface area contributed by atoms with Crippen molar-refractivity contribution in [2.45, 2.75) is 32.9 Å². The van der Waals surface area contributed by atoms with Crippen LogP contribution in [0.25, 0.3) is 0 Å². The first-order chi connectivity index (χ1) is 7.25. The minimum atomic E-state index is -1.13. The maximum atomic E-state index is 11.3. The normalized spacial score (nSPS) is 14.0. The van der Waals surface area contributed by atoms with Crippen LogP contribution in [0, 0.1) is 5.92 Å². The summed E-state index contributed by atoms with van der Waals surface area (Å²) in [7, 11) is 0. The second kappa shape index (κ2) is 5.94. The molecule has 0 saturated carbocycles. The van der Waals surface area contributed by atoms with E-state index in [1.54, 1.807) is 13.8 Å². The van der Waals surface area contributed by atoms with Crippen molar-refractivity contribution in [2.75, 3.05) is 0 Å². The van der Waals surface area contributed by atoms with Crippen molar-refractivity contribution in [3.8, 4) is 0 Å². The molecule has 0 aliphatic carbocycles. The smallest absolute Gasteiger partial charge is 0.326 e. The van der Waals surface area contributed by atoms with E-state index >= 15 is 0 Å². The van der Waals surface area contributed by atoms with Crippen LogP contribution in [-0.2, 0) is 9.59 Å². The van der Waals surface area contributed by atoms with Gasteiger partial charge in [0.2, 0.25) is 5.91 Å². The molecule has 0 heterocycles. The molecule has 1 unspecified atom stereocenters. The number of hydrogen-bond acceptors (Lipinski definition) is 3. The van der Waals surface area contributed by atoms with Gasteiger partial charge in [0.15, 0.2) is 0 Å². The summed E-state index contributed by atoms with van der Waals surface area (Å²) < 4.78 is 0. The number of carbonyl (C=O) groups is 3. The van der Waals surface area contributed by atoms with Crippen LogP contribution < -0.4 is 16.4 Å². The third-order valence-corrected chi connectivity index (χ3v) is 1.99. The Bertz CT molecular complexity index is 290. The molecule has 0 aromatic rings. The Labute approximate surface area is 93.4 Å². The summed E-state index contributed by atoms with van der Waals surface area (Å²) in [4.78, 5) is 32.7. The lowest BCUT2D eigenvalue weighted by molar-refractivity contribution is -0.140. The van der Waals surface area contributed by atoms with Crippen molar-refractivity contribution >= 4 is 17.9 Å². The second-order valence-corrected chi connectivity index (χ2v) is 3.80. The third-order valence-electron chi connectivity index (χ3n) is 1.99. The molecule has 0 spiro atoms. The minimum Gasteiger partial charge on any atom is -0.480 e. The van der Waals surface area contributed by atoms with Crippen LogP contribution in [-0.4, -0.2) is 35.1 Å². The molecule has 0 aliphatic heterocycles. The van der Waals surface area contributed by atoms with Gasteiger partial charge < -0.3 is 21.5 Å². The number of aliphatic carboxylic acids is 1. The Morgan fingerprint density at radius 1 is 1.12 bits per heavy atom. The molecule has 0 aromatic heterocycles. The van der Waals surface area contributed by atoms with Gasteiger partial charge in [-0.25, -0.2) is 9.59 Å². The van der Waals surface area contributed by atoms with Crippen molar-refractivity contribution in [1.29, 1.82) is 0 Å². The van der Waals surface area contributed by atoms with Gasteiger partial charge in [0.1, 0.15) is 12.1 Å². The zero-order valence-electron chi connectivity index (χ0n) is 9.48. The quantitative estimate of drug-likeness (QED) is 0.498. The van der Waals surface area contributed by atoms with Crippen LogP contribution in [0.1, 0.15) is 20.8 Å². The lowest BCUT2D eigenvalue weighted by atomic mass is 10.1. The van der Waals surface area contributed by atoms with E-state index < -0.39 is 30.0 Å². The zero-order chi connectivity index (χ0) is 12.9. The highest BCUT2D eigenvalue weighted by molar-refractivity contribution is 5.87. The highest BCUT2D eigenvalue weighted by atomic mass is 16.4. The minimum absolute atomic E-state index is 0.257. The third kappa shape index (κ3) is 4.63. The van der Waals surface area contributed by atoms with Gasteiger partial charge in [-0.2, -0.15) is 0 Å². The van der Waals surface area contributed by atoms with E-state index in [1.165, 1.54) is 6.92 Å². The van der Waals surface area contributed by atoms with Gasteiger partial charge in [0.25, 0.3) is 0 Å². The van der Waals surface area contributed by atoms with Gasteiger partial charge in [-0.05, 0) is 12.8 Å². The molecule has 5 N–H and O–H groups in total. The Kier molecular flexibility index (Phi) is 5.27. The van der Waals surface area contributed by atoms with E-state index in [9.17, 15) is 14.4 Å². The van der Waals surface area contributed by atoms with Crippen LogP contribution >= 0.6 is 0 Å². The number of carboxylic acids is 1. The van der Waals surface area contributed by atoms with Gasteiger partial charge in [-0.1, -0.05) is 13.8 Å². The Balaban J connectivity index is 4.31. The first-order valence-electron chi connectivity index (χ1n) is 4.84. The molecular formula is C9H17N3O4. The fraction of sp³-hybridized carbons (Fsp3) is 0.667. The molecule has 7 heteroatoms. The number of carbonyl (C=O) groups excluding carboxylic acids is 2. The number of rotatable bonds is 5. The molecule has 92 valence electrons. The van der Waals surface area contributed by atoms with E-state index in [0.717, 1.165) is 0 Å². The van der Waals surface area contributed by atoms with Crippen molar-refractivity contribution in [3.63, 3.8) is 0 Å². The number of carboxylic acid groups (broad SMARTS) is 1. The maximum Gasteiger partial charge on any atom is 0.326 e. The molecule has 3 amide bonds. The molecular weight excluding hydrogens is 214 g/mol. The summed E-state index contributed by atoms with van der Waals surface area (Å²) in [5.41, 5.74) is 4.94. The van der Waals surface area contributed by atoms with Crippen LogP contribution in [0.3, 0.4) is 0 Å². The van der Waals surface area contributed by atoms with E-state index in [0.29, 0.717) is 0 Å². The molecule has 2 atom stereocenters. The molecule has 7 nitrogen and oxygen atoms in total. The van der Waals surface area contributed by atoms with Crippen LogP contribution in [0.5, 0.6) is 0 Å². The lowest BCUT2D eigenvalue weighted by Gasteiger charge is -2.19. The second-order valence-electron chi connectivity index (χ2n) is 3.80. The summed E-state index contributed by atoms with van der Waals surface area (Å²) in [6.45, 7) is 4.74. The monoisotopic (exact) mass is 231 g/mol. The standard InChI is InChI=1S/C9H17N3O4/c1-4(2)6(8(14)15)12-9(16)11-5(3)7(10)13/h4-6H,1-3H3,(H2,10,13)(H,14,15)(H2,11,12,16)/t5?,6-/m0/s1. The van der Waals surface area contributed by atoms with Gasteiger partial charge in [-0.15, -0.1) is 0 Å². The fourth-order valence-electron chi connectivity index (χ4n) is 0.964. The van der Waals surface area contributed by atoms with Crippen LogP contribution in [0.2, 0.25) is 0 Å². The maximum absolute atomic E-state index is 11.3. The molecule has 0 bridgehead atoms. The lowest BCUT2D eigenvalue weighted by Crippen LogP contribution is -2.52. The molecule has 0 radical (unpaired) electrons. The van der Waals surface area contributed by atoms with E-state index in [4.69, 9.17) is 10.8 Å². The summed E-state index contributed by atoms with van der Waals surface area (Å²) in [6.07, 6.45) is 0. The Morgan fingerprint density at radius 2 is 1.62 bits per heavy atom. The van der Waals surface area contributed by atoms with Crippen LogP contribution in [0.15, 0.2) is 0 Å². The average Bonchev–Trinajstić information content (AvgIpc) is 2.12. The predicted molar refractivity (Wildman–Crippen MR) is 56.6 cm³/mol. The first-order valence-corrected chi connectivity index (χ1v) is 4.84. The molecule has 16 heavy (non-hydrogen) atoms. The SMILES string of the molecule is CC(NC(=O)N[C@H](C(=O)O)C(C)C)C(N)=O. The van der Waals surface area contributed by atoms with E-state index in [-0.39, 0.29) is 5.92 Å². The Morgan fingerprint density at radius 3 is 1.94 bits per heavy atom. The number of nitrogens with one attached hydrogen (secondary N) is 2. The number of nitrogens with two attached hydrogens (primary N) is 1. The predicted octanol–water partition coefficient (Wildman–Crippen LogP) is -0.731. The highest BCUT2D eigenvalue weighted by Gasteiger charge is 2.24. The summed E-state index contributed by atoms with van der Waals surface area (Å²) >= 11 is 0. The zero-order valence-corrected chi connectivity index (χ0v) is 9.48. The number of primary amides is 1. The Hall–Kier alpha value is -1.79. The summed E-state index contributed by atoms with van der Waals surface area (Å²) in [5.74, 6) is -2.07. The molecule has 0 fully saturated rings. The largest absolute Gasteiger partial charge is 0.480 e.